The highest BCUT2D eigenvalue weighted by atomic mass is 16.5. The van der Waals surface area contributed by atoms with Gasteiger partial charge in [-0.3, -0.25) is 4.79 Å². The van der Waals surface area contributed by atoms with Gasteiger partial charge in [0.1, 0.15) is 6.04 Å². The van der Waals surface area contributed by atoms with E-state index in [1.54, 1.807) is 24.3 Å². The third-order valence-corrected chi connectivity index (χ3v) is 3.63. The lowest BCUT2D eigenvalue weighted by Gasteiger charge is -2.17. The molecule has 2 rings (SSSR count). The lowest BCUT2D eigenvalue weighted by atomic mass is 10.0. The Morgan fingerprint density at radius 1 is 1.12 bits per heavy atom. The smallest absolute Gasteiger partial charge is 0.328 e. The van der Waals surface area contributed by atoms with Crippen molar-refractivity contribution in [3.8, 4) is 6.07 Å². The van der Waals surface area contributed by atoms with Crippen LogP contribution in [0, 0.1) is 18.3 Å². The van der Waals surface area contributed by atoms with Crippen LogP contribution in [0.2, 0.25) is 0 Å². The standard InChI is InChI=1S/C19H18N2O3/c1-13-3-5-14(6-4-13)11-17(19(23)24-2)21-18(22)16-9-7-15(12-20)8-10-16/h3-10,17H,11H2,1-2H3,(H,21,22)/t17-/m1/s1. The summed E-state index contributed by atoms with van der Waals surface area (Å²) >= 11 is 0. The first kappa shape index (κ1) is 17.2. The normalized spacial score (nSPS) is 11.2. The van der Waals surface area contributed by atoms with Gasteiger partial charge in [-0.1, -0.05) is 29.8 Å². The molecule has 1 N–H and O–H groups in total. The number of carbonyl (C=O) groups is 2. The molecule has 1 atom stereocenters. The number of hydrogen-bond donors (Lipinski definition) is 1. The Kier molecular flexibility index (Phi) is 5.69. The van der Waals surface area contributed by atoms with Crippen LogP contribution in [0.4, 0.5) is 0 Å². The van der Waals surface area contributed by atoms with Crippen LogP contribution < -0.4 is 5.32 Å². The van der Waals surface area contributed by atoms with Crippen molar-refractivity contribution in [3.05, 3.63) is 70.8 Å². The van der Waals surface area contributed by atoms with E-state index in [-0.39, 0.29) is 5.91 Å². The van der Waals surface area contributed by atoms with Crippen LogP contribution in [0.1, 0.15) is 27.0 Å². The number of nitrogens with zero attached hydrogens (tertiary/aromatic N) is 1. The van der Waals surface area contributed by atoms with Gasteiger partial charge in [0.25, 0.3) is 5.91 Å². The van der Waals surface area contributed by atoms with Crippen molar-refractivity contribution in [1.29, 1.82) is 5.26 Å². The van der Waals surface area contributed by atoms with E-state index in [1.165, 1.54) is 7.11 Å². The molecular formula is C19H18N2O3. The van der Waals surface area contributed by atoms with Gasteiger partial charge in [-0.25, -0.2) is 4.79 Å². The number of aryl methyl sites for hydroxylation is 1. The zero-order chi connectivity index (χ0) is 17.5. The SMILES string of the molecule is COC(=O)[C@@H](Cc1ccc(C)cc1)NC(=O)c1ccc(C#N)cc1. The first-order valence-corrected chi connectivity index (χ1v) is 7.48. The van der Waals surface area contributed by atoms with Gasteiger partial charge < -0.3 is 10.1 Å². The van der Waals surface area contributed by atoms with Gasteiger partial charge in [0.2, 0.25) is 0 Å². The number of carbonyl (C=O) groups excluding carboxylic acids is 2. The Hall–Kier alpha value is -3.13. The summed E-state index contributed by atoms with van der Waals surface area (Å²) in [7, 11) is 1.29. The Morgan fingerprint density at radius 2 is 1.75 bits per heavy atom. The monoisotopic (exact) mass is 322 g/mol. The summed E-state index contributed by atoms with van der Waals surface area (Å²) in [6.07, 6.45) is 0.342. The third-order valence-electron chi connectivity index (χ3n) is 3.63. The van der Waals surface area contributed by atoms with Crippen molar-refractivity contribution in [2.45, 2.75) is 19.4 Å². The topological polar surface area (TPSA) is 79.2 Å². The van der Waals surface area contributed by atoms with E-state index in [0.717, 1.165) is 11.1 Å². The molecule has 1 amide bonds. The minimum absolute atomic E-state index is 0.342. The highest BCUT2D eigenvalue weighted by Crippen LogP contribution is 2.09. The van der Waals surface area contributed by atoms with Gasteiger partial charge in [0, 0.05) is 12.0 Å². The highest BCUT2D eigenvalue weighted by molar-refractivity contribution is 5.96. The van der Waals surface area contributed by atoms with Crippen LogP contribution >= 0.6 is 0 Å². The van der Waals surface area contributed by atoms with Crippen molar-refractivity contribution < 1.29 is 14.3 Å². The number of ether oxygens (including phenoxy) is 1. The zero-order valence-electron chi connectivity index (χ0n) is 13.6. The Balaban J connectivity index is 2.12. The molecule has 0 spiro atoms. The van der Waals surface area contributed by atoms with Crippen molar-refractivity contribution in [1.82, 2.24) is 5.32 Å². The molecule has 0 bridgehead atoms. The first-order chi connectivity index (χ1) is 11.5. The third kappa shape index (κ3) is 4.43. The molecule has 0 aliphatic heterocycles. The van der Waals surface area contributed by atoms with Gasteiger partial charge in [-0.2, -0.15) is 5.26 Å². The Labute approximate surface area is 140 Å². The molecule has 0 unspecified atom stereocenters. The molecule has 0 fully saturated rings. The van der Waals surface area contributed by atoms with Crippen molar-refractivity contribution >= 4 is 11.9 Å². The zero-order valence-corrected chi connectivity index (χ0v) is 13.6. The van der Waals surface area contributed by atoms with Crippen LogP contribution in [0.15, 0.2) is 48.5 Å². The highest BCUT2D eigenvalue weighted by Gasteiger charge is 2.22. The number of amides is 1. The molecule has 0 heterocycles. The summed E-state index contributed by atoms with van der Waals surface area (Å²) < 4.78 is 4.78. The number of nitrogens with one attached hydrogen (secondary N) is 1. The van der Waals surface area contributed by atoms with E-state index in [9.17, 15) is 9.59 Å². The molecule has 5 heteroatoms. The molecule has 24 heavy (non-hydrogen) atoms. The molecule has 0 aromatic heterocycles. The van der Waals surface area contributed by atoms with Crippen molar-refractivity contribution in [2.24, 2.45) is 0 Å². The van der Waals surface area contributed by atoms with Crippen molar-refractivity contribution in [2.75, 3.05) is 7.11 Å². The van der Waals surface area contributed by atoms with E-state index in [4.69, 9.17) is 10.00 Å². The molecule has 0 saturated heterocycles. The van der Waals surface area contributed by atoms with Crippen LogP contribution in [0.3, 0.4) is 0 Å². The minimum atomic E-state index is -0.777. The first-order valence-electron chi connectivity index (χ1n) is 7.48. The average Bonchev–Trinajstić information content (AvgIpc) is 2.62. The largest absolute Gasteiger partial charge is 0.467 e. The van der Waals surface area contributed by atoms with Gasteiger partial charge in [-0.15, -0.1) is 0 Å². The molecule has 0 aliphatic rings. The van der Waals surface area contributed by atoms with E-state index < -0.39 is 12.0 Å². The molecule has 0 saturated carbocycles. The second kappa shape index (κ2) is 7.93. The number of esters is 1. The minimum Gasteiger partial charge on any atom is -0.467 e. The lowest BCUT2D eigenvalue weighted by molar-refractivity contribution is -0.142. The molecule has 0 radical (unpaired) electrons. The van der Waals surface area contributed by atoms with E-state index in [2.05, 4.69) is 5.32 Å². The number of methoxy groups -OCH3 is 1. The van der Waals surface area contributed by atoms with Gasteiger partial charge in [0.15, 0.2) is 0 Å². The van der Waals surface area contributed by atoms with Crippen LogP contribution in [0.25, 0.3) is 0 Å². The average molecular weight is 322 g/mol. The maximum atomic E-state index is 12.3. The second-order valence-electron chi connectivity index (χ2n) is 5.43. The second-order valence-corrected chi connectivity index (χ2v) is 5.43. The number of hydrogen-bond acceptors (Lipinski definition) is 4. The summed E-state index contributed by atoms with van der Waals surface area (Å²) in [5, 5.41) is 11.5. The predicted molar refractivity (Wildman–Crippen MR) is 89.3 cm³/mol. The molecule has 5 nitrogen and oxygen atoms in total. The summed E-state index contributed by atoms with van der Waals surface area (Å²) in [6.45, 7) is 1.98. The van der Waals surface area contributed by atoms with Crippen LogP contribution in [0.5, 0.6) is 0 Å². The molecule has 122 valence electrons. The van der Waals surface area contributed by atoms with Crippen LogP contribution in [-0.4, -0.2) is 25.0 Å². The van der Waals surface area contributed by atoms with Crippen molar-refractivity contribution in [3.63, 3.8) is 0 Å². The molecule has 2 aromatic rings. The maximum Gasteiger partial charge on any atom is 0.328 e. The summed E-state index contributed by atoms with van der Waals surface area (Å²) in [5.74, 6) is -0.889. The lowest BCUT2D eigenvalue weighted by Crippen LogP contribution is -2.43. The van der Waals surface area contributed by atoms with E-state index in [0.29, 0.717) is 17.5 Å². The maximum absolute atomic E-state index is 12.3. The Bertz CT molecular complexity index is 759. The predicted octanol–water partition coefficient (Wildman–Crippen LogP) is 2.38. The number of benzene rings is 2. The van der Waals surface area contributed by atoms with E-state index >= 15 is 0 Å². The quantitative estimate of drug-likeness (QED) is 0.857. The van der Waals surface area contributed by atoms with Gasteiger partial charge in [-0.05, 0) is 36.8 Å². The van der Waals surface area contributed by atoms with E-state index in [1.807, 2.05) is 37.3 Å². The fraction of sp³-hybridized carbons (Fsp3) is 0.211. The van der Waals surface area contributed by atoms with Gasteiger partial charge in [0.05, 0.1) is 18.7 Å². The Morgan fingerprint density at radius 3 is 2.29 bits per heavy atom. The molecule has 0 aliphatic carbocycles. The summed E-state index contributed by atoms with van der Waals surface area (Å²) in [5.41, 5.74) is 2.90. The van der Waals surface area contributed by atoms with Crippen LogP contribution in [-0.2, 0) is 16.0 Å². The fourth-order valence-corrected chi connectivity index (χ4v) is 2.23. The molecule has 2 aromatic carbocycles. The number of rotatable bonds is 5. The fourth-order valence-electron chi connectivity index (χ4n) is 2.23. The summed E-state index contributed by atoms with van der Waals surface area (Å²) in [4.78, 5) is 24.3. The number of nitriles is 1. The summed E-state index contributed by atoms with van der Waals surface area (Å²) in [6, 6.07) is 15.2. The molecular weight excluding hydrogens is 304 g/mol. The van der Waals surface area contributed by atoms with Gasteiger partial charge >= 0.3 is 5.97 Å².